The van der Waals surface area contributed by atoms with Gasteiger partial charge in [-0.3, -0.25) is 0 Å². The van der Waals surface area contributed by atoms with Crippen LogP contribution in [-0.4, -0.2) is 17.0 Å². The molecule has 0 aliphatic carbocycles. The van der Waals surface area contributed by atoms with E-state index < -0.39 is 0 Å². The number of hydrogen-bond acceptors (Lipinski definition) is 4. The van der Waals surface area contributed by atoms with E-state index in [1.54, 1.807) is 6.26 Å². The summed E-state index contributed by atoms with van der Waals surface area (Å²) in [6.07, 6.45) is 1.62. The molecular weight excluding hydrogens is 258 g/mol. The summed E-state index contributed by atoms with van der Waals surface area (Å²) < 4.78 is 6.23. The summed E-state index contributed by atoms with van der Waals surface area (Å²) in [5.41, 5.74) is 0.767. The first-order valence-corrected chi connectivity index (χ1v) is 5.27. The molecule has 78 valence electrons. The molecule has 0 saturated carbocycles. The van der Waals surface area contributed by atoms with Gasteiger partial charge in [-0.25, -0.2) is 9.97 Å². The van der Waals surface area contributed by atoms with Crippen LogP contribution in [0.5, 0.6) is 0 Å². The van der Waals surface area contributed by atoms with E-state index in [9.17, 15) is 0 Å². The fourth-order valence-corrected chi connectivity index (χ4v) is 1.69. The molecule has 0 amide bonds. The first kappa shape index (κ1) is 10.2. The monoisotopic (exact) mass is 267 g/mol. The van der Waals surface area contributed by atoms with E-state index in [-0.39, 0.29) is 0 Å². The van der Waals surface area contributed by atoms with Crippen molar-refractivity contribution < 1.29 is 4.42 Å². The van der Waals surface area contributed by atoms with Gasteiger partial charge in [-0.15, -0.1) is 0 Å². The van der Waals surface area contributed by atoms with Crippen LogP contribution in [0.1, 0.15) is 5.82 Å². The maximum absolute atomic E-state index is 5.34. The number of anilines is 1. The Hall–Kier alpha value is -1.36. The Morgan fingerprint density at radius 2 is 2.20 bits per heavy atom. The van der Waals surface area contributed by atoms with Crippen molar-refractivity contribution in [1.29, 1.82) is 0 Å². The molecule has 15 heavy (non-hydrogen) atoms. The van der Waals surface area contributed by atoms with Gasteiger partial charge in [-0.1, -0.05) is 0 Å². The number of rotatable bonds is 2. The lowest BCUT2D eigenvalue weighted by atomic mass is 10.3. The lowest BCUT2D eigenvalue weighted by molar-refractivity contribution is 0.578. The average molecular weight is 268 g/mol. The predicted octanol–water partition coefficient (Wildman–Crippen LogP) is 2.85. The Morgan fingerprint density at radius 3 is 2.80 bits per heavy atom. The SMILES string of the molecule is CNc1cc(-c2occc2Br)nc(C)n1. The molecule has 0 aliphatic heterocycles. The molecule has 0 bridgehead atoms. The highest BCUT2D eigenvalue weighted by atomic mass is 79.9. The van der Waals surface area contributed by atoms with Crippen LogP contribution in [0.4, 0.5) is 5.82 Å². The van der Waals surface area contributed by atoms with Crippen LogP contribution in [-0.2, 0) is 0 Å². The first-order chi connectivity index (χ1) is 7.20. The molecule has 0 aromatic carbocycles. The largest absolute Gasteiger partial charge is 0.461 e. The smallest absolute Gasteiger partial charge is 0.166 e. The van der Waals surface area contributed by atoms with E-state index in [2.05, 4.69) is 31.2 Å². The van der Waals surface area contributed by atoms with Gasteiger partial charge in [0.1, 0.15) is 17.3 Å². The Kier molecular flexibility index (Phi) is 2.73. The fourth-order valence-electron chi connectivity index (χ4n) is 1.29. The maximum Gasteiger partial charge on any atom is 0.166 e. The normalized spacial score (nSPS) is 10.3. The van der Waals surface area contributed by atoms with Crippen molar-refractivity contribution in [3.05, 3.63) is 28.7 Å². The van der Waals surface area contributed by atoms with E-state index in [0.29, 0.717) is 5.82 Å². The average Bonchev–Trinajstić information content (AvgIpc) is 2.63. The Labute approximate surface area is 95.9 Å². The molecule has 0 aliphatic rings. The van der Waals surface area contributed by atoms with Crippen LogP contribution in [0.3, 0.4) is 0 Å². The van der Waals surface area contributed by atoms with Crippen molar-refractivity contribution in [2.24, 2.45) is 0 Å². The first-order valence-electron chi connectivity index (χ1n) is 4.47. The van der Waals surface area contributed by atoms with Gasteiger partial charge in [-0.05, 0) is 28.9 Å². The molecule has 5 heteroatoms. The van der Waals surface area contributed by atoms with Gasteiger partial charge in [-0.2, -0.15) is 0 Å². The van der Waals surface area contributed by atoms with Gasteiger partial charge < -0.3 is 9.73 Å². The lowest BCUT2D eigenvalue weighted by Crippen LogP contribution is -1.97. The zero-order valence-corrected chi connectivity index (χ0v) is 10.00. The highest BCUT2D eigenvalue weighted by Crippen LogP contribution is 2.28. The lowest BCUT2D eigenvalue weighted by Gasteiger charge is -2.03. The van der Waals surface area contributed by atoms with Crippen molar-refractivity contribution >= 4 is 21.7 Å². The van der Waals surface area contributed by atoms with E-state index in [4.69, 9.17) is 4.42 Å². The molecule has 2 heterocycles. The zero-order chi connectivity index (χ0) is 10.8. The number of aryl methyl sites for hydroxylation is 1. The summed E-state index contributed by atoms with van der Waals surface area (Å²) in [6, 6.07) is 3.68. The van der Waals surface area contributed by atoms with E-state index in [1.165, 1.54) is 0 Å². The maximum atomic E-state index is 5.34. The minimum Gasteiger partial charge on any atom is -0.461 e. The Morgan fingerprint density at radius 1 is 1.40 bits per heavy atom. The summed E-state index contributed by atoms with van der Waals surface area (Å²) >= 11 is 3.40. The Bertz CT molecular complexity index is 481. The van der Waals surface area contributed by atoms with Crippen LogP contribution in [0.15, 0.2) is 27.3 Å². The molecule has 0 spiro atoms. The molecule has 0 fully saturated rings. The van der Waals surface area contributed by atoms with Crippen LogP contribution in [0.25, 0.3) is 11.5 Å². The van der Waals surface area contributed by atoms with Crippen LogP contribution >= 0.6 is 15.9 Å². The quantitative estimate of drug-likeness (QED) is 0.909. The van der Waals surface area contributed by atoms with Gasteiger partial charge in [0.2, 0.25) is 0 Å². The van der Waals surface area contributed by atoms with Gasteiger partial charge in [0.25, 0.3) is 0 Å². The molecule has 2 rings (SSSR count). The summed E-state index contributed by atoms with van der Waals surface area (Å²) in [6.45, 7) is 1.85. The number of hydrogen-bond donors (Lipinski definition) is 1. The minimum absolute atomic E-state index is 0.708. The third-order valence-corrected chi connectivity index (χ3v) is 2.57. The third-order valence-electron chi connectivity index (χ3n) is 1.94. The van der Waals surface area contributed by atoms with Crippen molar-refractivity contribution in [1.82, 2.24) is 9.97 Å². The zero-order valence-electron chi connectivity index (χ0n) is 8.41. The molecule has 0 saturated heterocycles. The number of nitrogens with zero attached hydrogens (tertiary/aromatic N) is 2. The molecule has 0 radical (unpaired) electrons. The predicted molar refractivity (Wildman–Crippen MR) is 61.7 cm³/mol. The van der Waals surface area contributed by atoms with Crippen LogP contribution < -0.4 is 5.32 Å². The standard InChI is InChI=1S/C10H10BrN3O/c1-6-13-8(5-9(12-2)14-6)10-7(11)3-4-15-10/h3-5H,1-2H3,(H,12,13,14). The van der Waals surface area contributed by atoms with Crippen molar-refractivity contribution in [3.8, 4) is 11.5 Å². The van der Waals surface area contributed by atoms with Crippen LogP contribution in [0.2, 0.25) is 0 Å². The van der Waals surface area contributed by atoms with Gasteiger partial charge in [0.05, 0.1) is 10.7 Å². The number of nitrogens with one attached hydrogen (secondary N) is 1. The summed E-state index contributed by atoms with van der Waals surface area (Å²) in [5.74, 6) is 2.21. The molecule has 0 unspecified atom stereocenters. The molecular formula is C10H10BrN3O. The second-order valence-corrected chi connectivity index (χ2v) is 3.89. The molecule has 1 N–H and O–H groups in total. The number of furan rings is 1. The highest BCUT2D eigenvalue weighted by Gasteiger charge is 2.10. The fraction of sp³-hybridized carbons (Fsp3) is 0.200. The van der Waals surface area contributed by atoms with Gasteiger partial charge >= 0.3 is 0 Å². The third kappa shape index (κ3) is 2.02. The van der Waals surface area contributed by atoms with Crippen molar-refractivity contribution in [2.75, 3.05) is 12.4 Å². The van der Waals surface area contributed by atoms with E-state index in [1.807, 2.05) is 26.1 Å². The molecule has 4 nitrogen and oxygen atoms in total. The van der Waals surface area contributed by atoms with Crippen molar-refractivity contribution in [3.63, 3.8) is 0 Å². The summed E-state index contributed by atoms with van der Waals surface area (Å²) in [4.78, 5) is 8.52. The van der Waals surface area contributed by atoms with Crippen LogP contribution in [0, 0.1) is 6.92 Å². The second-order valence-electron chi connectivity index (χ2n) is 3.03. The summed E-state index contributed by atoms with van der Waals surface area (Å²) in [7, 11) is 1.82. The topological polar surface area (TPSA) is 51.0 Å². The molecule has 2 aromatic rings. The van der Waals surface area contributed by atoms with Gasteiger partial charge in [0.15, 0.2) is 5.76 Å². The van der Waals surface area contributed by atoms with E-state index in [0.717, 1.165) is 21.7 Å². The number of aromatic nitrogens is 2. The number of halogens is 1. The second kappa shape index (κ2) is 4.02. The minimum atomic E-state index is 0.708. The van der Waals surface area contributed by atoms with E-state index >= 15 is 0 Å². The van der Waals surface area contributed by atoms with Crippen molar-refractivity contribution in [2.45, 2.75) is 6.92 Å². The highest BCUT2D eigenvalue weighted by molar-refractivity contribution is 9.10. The van der Waals surface area contributed by atoms with Gasteiger partial charge in [0, 0.05) is 13.1 Å². The molecule has 2 aromatic heterocycles. The molecule has 0 atom stereocenters. The summed E-state index contributed by atoms with van der Waals surface area (Å²) in [5, 5.41) is 2.98. The Balaban J connectivity index is 2.53.